The summed E-state index contributed by atoms with van der Waals surface area (Å²) in [6, 6.07) is 6.99. The molecule has 42 heteroatoms. The van der Waals surface area contributed by atoms with Gasteiger partial charge in [-0.25, -0.2) is 95.7 Å². The van der Waals surface area contributed by atoms with E-state index < -0.39 is 153 Å². The fraction of sp³-hybridized carbons (Fsp3) is 0.300. The van der Waals surface area contributed by atoms with E-state index in [1.54, 1.807) is 108 Å². The maximum atomic E-state index is 15.9. The molecule has 3 aliphatic heterocycles. The van der Waals surface area contributed by atoms with Crippen LogP contribution in [0.2, 0.25) is 15.1 Å². The molecule has 690 valence electrons. The first kappa shape index (κ1) is 96.0. The molecule has 9 aromatic heterocycles. The first-order valence-electron chi connectivity index (χ1n) is 41.0. The van der Waals surface area contributed by atoms with E-state index in [0.717, 1.165) is 31.9 Å². The van der Waals surface area contributed by atoms with Gasteiger partial charge in [0.15, 0.2) is 86.7 Å². The van der Waals surface area contributed by atoms with Crippen molar-refractivity contribution >= 4 is 120 Å². The number of nitrogen functional groups attached to an aromatic ring is 3. The Morgan fingerprint density at radius 3 is 0.992 bits per heavy atom. The molecule has 0 aliphatic carbocycles. The second-order valence-corrected chi connectivity index (χ2v) is 33.6. The number of pyridine rings is 6. The number of halogens is 15. The minimum Gasteiger partial charge on any atom is -0.397 e. The number of fused-ring (bicyclic) bond motifs is 3. The van der Waals surface area contributed by atoms with Gasteiger partial charge < -0.3 is 46.6 Å². The van der Waals surface area contributed by atoms with Gasteiger partial charge >= 0.3 is 17.1 Å². The van der Waals surface area contributed by atoms with Crippen LogP contribution in [-0.2, 0) is 14.4 Å². The average Bonchev–Trinajstić information content (AvgIpc) is 0.736. The van der Waals surface area contributed by atoms with Crippen molar-refractivity contribution in [3.05, 3.63) is 243 Å². The number of carbonyl (C=O) groups excluding carboxylic acids is 3. The number of benzene rings is 3. The zero-order chi connectivity index (χ0) is 96.6. The van der Waals surface area contributed by atoms with E-state index in [2.05, 4.69) is 64.6 Å². The number of nitrogens with zero attached hydrogens (tertiary/aromatic N) is 18. The Hall–Kier alpha value is -13.6. The highest BCUT2D eigenvalue weighted by Gasteiger charge is 2.39. The Bertz CT molecular complexity index is 6310. The summed E-state index contributed by atoms with van der Waals surface area (Å²) in [5, 5.41) is -3.06. The van der Waals surface area contributed by atoms with Gasteiger partial charge in [0.05, 0.1) is 83.4 Å². The zero-order valence-electron chi connectivity index (χ0n) is 72.8. The Labute approximate surface area is 760 Å². The lowest BCUT2D eigenvalue weighted by molar-refractivity contribution is -0.129. The van der Waals surface area contributed by atoms with Crippen LogP contribution in [-0.4, -0.2) is 168 Å². The molecule has 132 heavy (non-hydrogen) atoms. The molecule has 3 saturated heterocycles. The maximum absolute atomic E-state index is 15.9. The lowest BCUT2D eigenvalue weighted by atomic mass is 10.0. The van der Waals surface area contributed by atoms with Crippen molar-refractivity contribution in [2.75, 3.05) is 90.8 Å². The van der Waals surface area contributed by atoms with Gasteiger partial charge in [-0.2, -0.15) is 15.0 Å². The molecule has 0 spiro atoms. The largest absolute Gasteiger partial charge is 0.397 e. The van der Waals surface area contributed by atoms with E-state index in [9.17, 15) is 55.1 Å². The summed E-state index contributed by atoms with van der Waals surface area (Å²) >= 11 is 17.5. The summed E-state index contributed by atoms with van der Waals surface area (Å²) in [6.45, 7) is 34.6. The summed E-state index contributed by atoms with van der Waals surface area (Å²) in [5.41, 5.74) is 10.3. The van der Waals surface area contributed by atoms with Crippen molar-refractivity contribution < 1.29 is 67.1 Å². The highest BCUT2D eigenvalue weighted by Crippen LogP contribution is 2.46. The molecule has 0 bridgehead atoms. The SMILES string of the molecule is C=CC(=O)N1CCN(c2nc(=O)n(-c3c(C)ccnc3C(C)C)c3nc(-c4c(F)c(N)c(F)c(F)c4Cl)c(F)cc23)C[C@H]1C.C=CC(=O)N1CCN(c2nc(=O)n(-c3c(C)ccnc3C(C)C)c3nc(-c4c(N)c(Cl)c(F)c(F)c4F)c(F)cc23)C[C@H]1C.C=CC(=O)N1CCN(c2nc(=O)n(-c3c(C)ccnc3C(C)C)c3nc(-c4c(N)c(F)c(F)c(Cl)c4F)c(F)cc23)C[C@H]1C. The molecule has 6 N–H and O–H groups in total. The monoisotopic (exact) mass is 1890 g/mol. The van der Waals surface area contributed by atoms with Gasteiger partial charge in [-0.1, -0.05) is 96.1 Å². The van der Waals surface area contributed by atoms with E-state index >= 15 is 26.3 Å². The van der Waals surface area contributed by atoms with E-state index in [0.29, 0.717) is 50.8 Å². The number of rotatable bonds is 15. The fourth-order valence-corrected chi connectivity index (χ4v) is 17.0. The predicted octanol–water partition coefficient (Wildman–Crippen LogP) is 15.9. The number of anilines is 6. The highest BCUT2D eigenvalue weighted by molar-refractivity contribution is 6.34. The molecule has 0 unspecified atom stereocenters. The minimum atomic E-state index is -1.96. The predicted molar refractivity (Wildman–Crippen MR) is 480 cm³/mol. The fourth-order valence-electron chi connectivity index (χ4n) is 16.4. The van der Waals surface area contributed by atoms with Crippen LogP contribution in [0.3, 0.4) is 0 Å². The highest BCUT2D eigenvalue weighted by atomic mass is 35.5. The molecule has 27 nitrogen and oxygen atoms in total. The van der Waals surface area contributed by atoms with Crippen LogP contribution in [0.15, 0.2) is 107 Å². The molecule has 12 aromatic rings. The quantitative estimate of drug-likeness (QED) is 0.0282. The number of aryl methyl sites for hydroxylation is 3. The van der Waals surface area contributed by atoms with Crippen LogP contribution in [0, 0.1) is 90.6 Å². The third-order valence-electron chi connectivity index (χ3n) is 22.9. The standard InChI is InChI=1S/3C30H28ClF4N7O2/c1-6-18(43)41-10-9-40(12-15(41)5)28-16-11-17(32)26(19-21(33)23(35)22(34)20(31)24(19)36)38-29(16)42(30(44)39-28)27-14(4)7-8-37-25(27)13(2)3;1-6-18(43)41-10-9-40(12-15(41)5)28-16-11-17(32)26(19-21(33)20(31)22(34)23(35)24(19)36)38-29(16)42(30(44)39-28)27-14(4)7-8-37-25(27)13(2)3;1-6-18(43)41-10-9-40(12-15(41)5)28-16-11-17(32)26(19-20(31)22(34)23(35)24(36)21(19)33)38-29(16)42(30(44)39-28)27-14(4)7-8-37-25(27)13(2)3/h3*6-8,11,13,15H,1,9-10,12,36H2,2-5H3/t3*15-/m111/s1. The van der Waals surface area contributed by atoms with E-state index in [-0.39, 0.29) is 163 Å². The van der Waals surface area contributed by atoms with Crippen molar-refractivity contribution in [2.24, 2.45) is 0 Å². The van der Waals surface area contributed by atoms with Gasteiger partial charge in [-0.3, -0.25) is 29.3 Å². The van der Waals surface area contributed by atoms with E-state index in [1.807, 2.05) is 41.5 Å². The Kier molecular flexibility index (Phi) is 27.4. The normalized spacial score (nSPS) is 15.4. The second kappa shape index (κ2) is 37.7. The number of amides is 3. The van der Waals surface area contributed by atoms with Gasteiger partial charge in [-0.15, -0.1) is 0 Å². The lowest BCUT2D eigenvalue weighted by Crippen LogP contribution is -2.54. The number of carbonyl (C=O) groups is 3. The summed E-state index contributed by atoms with van der Waals surface area (Å²) in [5.74, 6) is -19.9. The van der Waals surface area contributed by atoms with Crippen molar-refractivity contribution in [3.8, 4) is 50.8 Å². The Balaban J connectivity index is 0.000000168. The zero-order valence-corrected chi connectivity index (χ0v) is 75.0. The van der Waals surface area contributed by atoms with E-state index in [1.165, 1.54) is 18.2 Å². The van der Waals surface area contributed by atoms with Gasteiger partial charge in [0.2, 0.25) is 17.7 Å². The topological polar surface area (TPSA) is 331 Å². The van der Waals surface area contributed by atoms with Gasteiger partial charge in [0, 0.05) is 95.6 Å². The third kappa shape index (κ3) is 17.1. The number of aromatic nitrogens is 12. The van der Waals surface area contributed by atoms with Crippen molar-refractivity contribution in [3.63, 3.8) is 0 Å². The lowest BCUT2D eigenvalue weighted by Gasteiger charge is -2.40. The molecular formula is C90H84Cl3F12N21O6. The maximum Gasteiger partial charge on any atom is 0.355 e. The van der Waals surface area contributed by atoms with Gasteiger partial charge in [-0.05, 0) is 131 Å². The van der Waals surface area contributed by atoms with Crippen LogP contribution in [0.4, 0.5) is 87.2 Å². The number of piperazine rings is 3. The van der Waals surface area contributed by atoms with Crippen LogP contribution < -0.4 is 49.0 Å². The summed E-state index contributed by atoms with van der Waals surface area (Å²) in [4.78, 5) is 128. The van der Waals surface area contributed by atoms with Gasteiger partial charge in [0.1, 0.15) is 50.3 Å². The third-order valence-corrected chi connectivity index (χ3v) is 24.0. The Morgan fingerprint density at radius 2 is 0.682 bits per heavy atom. The molecule has 12 heterocycles. The molecule has 3 aliphatic rings. The summed E-state index contributed by atoms with van der Waals surface area (Å²) in [7, 11) is 0. The molecule has 15 rings (SSSR count). The number of hydrogen-bond acceptors (Lipinski definition) is 21. The molecular weight excluding hydrogens is 1810 g/mol. The molecule has 3 atom stereocenters. The smallest absolute Gasteiger partial charge is 0.355 e. The molecule has 3 aromatic carbocycles. The van der Waals surface area contributed by atoms with Crippen LogP contribution in [0.1, 0.15) is 114 Å². The van der Waals surface area contributed by atoms with Crippen molar-refractivity contribution in [1.29, 1.82) is 0 Å². The number of hydrogen-bond donors (Lipinski definition) is 3. The van der Waals surface area contributed by atoms with Crippen LogP contribution in [0.5, 0.6) is 0 Å². The van der Waals surface area contributed by atoms with Crippen LogP contribution >= 0.6 is 34.8 Å². The van der Waals surface area contributed by atoms with Crippen LogP contribution in [0.25, 0.3) is 83.9 Å². The van der Waals surface area contributed by atoms with Crippen molar-refractivity contribution in [1.82, 2.24) is 73.3 Å². The summed E-state index contributed by atoms with van der Waals surface area (Å²) in [6.07, 6.45) is 8.35. The molecule has 3 fully saturated rings. The minimum absolute atomic E-state index is 0.0617. The average molecular weight is 1890 g/mol. The molecule has 3 amide bonds. The first-order valence-corrected chi connectivity index (χ1v) is 42.1. The Morgan fingerprint density at radius 1 is 0.386 bits per heavy atom. The van der Waals surface area contributed by atoms with Crippen molar-refractivity contribution in [2.45, 2.75) is 119 Å². The molecule has 0 radical (unpaired) electrons. The number of nitrogens with two attached hydrogens (primary N) is 3. The summed E-state index contributed by atoms with van der Waals surface area (Å²) < 4.78 is 183. The molecule has 0 saturated carbocycles. The van der Waals surface area contributed by atoms with E-state index in [4.69, 9.17) is 52.0 Å². The second-order valence-electron chi connectivity index (χ2n) is 32.5. The first-order chi connectivity index (χ1) is 62.3. The van der Waals surface area contributed by atoms with Gasteiger partial charge in [0.25, 0.3) is 0 Å².